The lowest BCUT2D eigenvalue weighted by Gasteiger charge is -2.75. The molecule has 1 aromatic carbocycles. The summed E-state index contributed by atoms with van der Waals surface area (Å²) < 4.78 is 6.93. The van der Waals surface area contributed by atoms with E-state index < -0.39 is 5.60 Å². The van der Waals surface area contributed by atoms with Crippen molar-refractivity contribution in [2.45, 2.75) is 103 Å². The van der Waals surface area contributed by atoms with Gasteiger partial charge in [0.25, 0.3) is 0 Å². The van der Waals surface area contributed by atoms with E-state index in [0.717, 1.165) is 43.9 Å². The molecule has 33 heavy (non-hydrogen) atoms. The fourth-order valence-electron chi connectivity index (χ4n) is 9.71. The third kappa shape index (κ3) is 2.23. The van der Waals surface area contributed by atoms with Crippen LogP contribution >= 0.6 is 0 Å². The normalized spacial score (nSPS) is 44.8. The van der Waals surface area contributed by atoms with Crippen LogP contribution in [0.25, 0.3) is 0 Å². The number of likely N-dealkylation sites (tertiary alicyclic amines) is 1. The molecule has 7 aliphatic rings. The molecule has 2 spiro atoms. The Morgan fingerprint density at radius 2 is 1.88 bits per heavy atom. The van der Waals surface area contributed by atoms with E-state index in [-0.39, 0.29) is 33.7 Å². The first kappa shape index (κ1) is 21.1. The number of benzene rings is 1. The van der Waals surface area contributed by atoms with Gasteiger partial charge in [-0.3, -0.25) is 4.90 Å². The quantitative estimate of drug-likeness (QED) is 0.676. The summed E-state index contributed by atoms with van der Waals surface area (Å²) in [6, 6.07) is 4.58. The largest absolute Gasteiger partial charge is 0.504 e. The summed E-state index contributed by atoms with van der Waals surface area (Å²) in [5.41, 5.74) is 1.77. The number of nitrogens with zero attached hydrogens (tertiary/aromatic N) is 1. The molecule has 2 N–H and O–H groups in total. The van der Waals surface area contributed by atoms with E-state index in [0.29, 0.717) is 11.8 Å². The van der Waals surface area contributed by atoms with Crippen LogP contribution in [0, 0.1) is 28.1 Å². The zero-order valence-corrected chi connectivity index (χ0v) is 21.1. The Kier molecular flexibility index (Phi) is 3.78. The highest BCUT2D eigenvalue weighted by molar-refractivity contribution is 5.63. The van der Waals surface area contributed by atoms with Gasteiger partial charge in [-0.15, -0.1) is 0 Å². The summed E-state index contributed by atoms with van der Waals surface area (Å²) in [5, 5.41) is 23.1. The number of phenolic OH excluding ortho intramolecular Hbond substituents is 1. The standard InChI is InChI=1S/C29H41NO3/c1-25(2,3)27(5,32)20-15-28-11-10-26(20,4)24-29(28)12-13-30(16-17-6-7-17)21(28)14-18-8-9-19(31)23(33-24)22(18)29/h8-9,17,20-21,24,31-32H,6-7,10-16H2,1-5H3/t20-,21+,24-,26+,27-,28+,29-/m0/s1. The van der Waals surface area contributed by atoms with E-state index >= 15 is 0 Å². The van der Waals surface area contributed by atoms with Crippen molar-refractivity contribution in [3.63, 3.8) is 0 Å². The maximum absolute atomic E-state index is 12.1. The first-order valence-electron chi connectivity index (χ1n) is 13.4. The van der Waals surface area contributed by atoms with Crippen LogP contribution in [0.2, 0.25) is 0 Å². The van der Waals surface area contributed by atoms with Gasteiger partial charge in [0, 0.05) is 34.4 Å². The zero-order valence-electron chi connectivity index (χ0n) is 21.1. The Morgan fingerprint density at radius 3 is 2.58 bits per heavy atom. The molecule has 8 rings (SSSR count). The van der Waals surface area contributed by atoms with Crippen LogP contribution in [-0.4, -0.2) is 45.9 Å². The fraction of sp³-hybridized carbons (Fsp3) is 0.793. The van der Waals surface area contributed by atoms with E-state index in [1.165, 1.54) is 36.9 Å². The number of piperidine rings is 1. The lowest BCUT2D eigenvalue weighted by molar-refractivity contribution is -0.276. The van der Waals surface area contributed by atoms with E-state index in [2.05, 4.69) is 45.6 Å². The molecule has 2 aliphatic heterocycles. The molecule has 7 atom stereocenters. The Balaban J connectivity index is 1.46. The zero-order chi connectivity index (χ0) is 23.2. The molecule has 0 radical (unpaired) electrons. The molecule has 4 nitrogen and oxygen atoms in total. The summed E-state index contributed by atoms with van der Waals surface area (Å²) in [5.74, 6) is 2.15. The van der Waals surface area contributed by atoms with E-state index in [1.54, 1.807) is 0 Å². The number of ether oxygens (including phenoxy) is 1. The monoisotopic (exact) mass is 451 g/mol. The number of aliphatic hydroxyl groups is 1. The maximum Gasteiger partial charge on any atom is 0.165 e. The van der Waals surface area contributed by atoms with Crippen molar-refractivity contribution in [1.29, 1.82) is 0 Å². The third-order valence-corrected chi connectivity index (χ3v) is 12.0. The van der Waals surface area contributed by atoms with Gasteiger partial charge in [-0.25, -0.2) is 0 Å². The van der Waals surface area contributed by atoms with Crippen molar-refractivity contribution < 1.29 is 14.9 Å². The Bertz CT molecular complexity index is 1040. The molecule has 0 amide bonds. The van der Waals surface area contributed by atoms with Crippen LogP contribution in [0.3, 0.4) is 0 Å². The maximum atomic E-state index is 12.1. The molecule has 0 unspecified atom stereocenters. The highest BCUT2D eigenvalue weighted by atomic mass is 16.5. The van der Waals surface area contributed by atoms with Crippen molar-refractivity contribution >= 4 is 0 Å². The number of fused-ring (bicyclic) bond motifs is 2. The highest BCUT2D eigenvalue weighted by Crippen LogP contribution is 2.79. The summed E-state index contributed by atoms with van der Waals surface area (Å²) in [7, 11) is 0. The number of rotatable bonds is 3. The average Bonchev–Trinajstić information content (AvgIpc) is 3.48. The molecule has 180 valence electrons. The minimum absolute atomic E-state index is 0.0170. The van der Waals surface area contributed by atoms with E-state index in [9.17, 15) is 10.2 Å². The van der Waals surface area contributed by atoms with E-state index in [1.807, 2.05) is 6.07 Å². The van der Waals surface area contributed by atoms with E-state index in [4.69, 9.17) is 4.74 Å². The van der Waals surface area contributed by atoms with Crippen molar-refractivity contribution in [2.75, 3.05) is 13.1 Å². The molecule has 4 heteroatoms. The molecular weight excluding hydrogens is 410 g/mol. The number of hydrogen-bond donors (Lipinski definition) is 2. The second kappa shape index (κ2) is 5.93. The second-order valence-corrected chi connectivity index (χ2v) is 14.1. The van der Waals surface area contributed by atoms with Crippen LogP contribution in [0.15, 0.2) is 12.1 Å². The molecule has 1 saturated heterocycles. The summed E-state index contributed by atoms with van der Waals surface area (Å²) in [6.45, 7) is 13.5. The van der Waals surface area contributed by atoms with Crippen molar-refractivity contribution in [3.05, 3.63) is 23.3 Å². The van der Waals surface area contributed by atoms with Gasteiger partial charge in [0.2, 0.25) is 0 Å². The minimum Gasteiger partial charge on any atom is -0.504 e. The van der Waals surface area contributed by atoms with Crippen LogP contribution in [0.4, 0.5) is 0 Å². The Hall–Kier alpha value is -1.26. The predicted octanol–water partition coefficient (Wildman–Crippen LogP) is 5.03. The molecule has 0 aromatic heterocycles. The molecule has 4 bridgehead atoms. The second-order valence-electron chi connectivity index (χ2n) is 14.1. The van der Waals surface area contributed by atoms with Gasteiger partial charge >= 0.3 is 0 Å². The van der Waals surface area contributed by atoms with Crippen LogP contribution < -0.4 is 4.74 Å². The van der Waals surface area contributed by atoms with Gasteiger partial charge in [-0.2, -0.15) is 0 Å². The Labute approximate surface area is 198 Å². The van der Waals surface area contributed by atoms with Crippen molar-refractivity contribution in [1.82, 2.24) is 4.90 Å². The van der Waals surface area contributed by atoms with Crippen molar-refractivity contribution in [2.24, 2.45) is 28.1 Å². The van der Waals surface area contributed by atoms with Gasteiger partial charge < -0.3 is 14.9 Å². The molecule has 2 heterocycles. The van der Waals surface area contributed by atoms with Gasteiger partial charge in [0.15, 0.2) is 11.5 Å². The fourth-order valence-corrected chi connectivity index (χ4v) is 9.71. The lowest BCUT2D eigenvalue weighted by Crippen LogP contribution is -2.80. The Morgan fingerprint density at radius 1 is 1.12 bits per heavy atom. The first-order valence-corrected chi connectivity index (χ1v) is 13.4. The summed E-state index contributed by atoms with van der Waals surface area (Å²) >= 11 is 0. The summed E-state index contributed by atoms with van der Waals surface area (Å²) in [6.07, 6.45) is 8.42. The highest BCUT2D eigenvalue weighted by Gasteiger charge is 2.80. The lowest BCUT2D eigenvalue weighted by atomic mass is 9.31. The minimum atomic E-state index is -0.785. The summed E-state index contributed by atoms with van der Waals surface area (Å²) in [4.78, 5) is 2.85. The molecular formula is C29H41NO3. The predicted molar refractivity (Wildman–Crippen MR) is 129 cm³/mol. The van der Waals surface area contributed by atoms with Crippen LogP contribution in [0.1, 0.15) is 84.3 Å². The van der Waals surface area contributed by atoms with Gasteiger partial charge in [-0.1, -0.05) is 33.8 Å². The molecule has 1 aromatic rings. The number of hydrogen-bond acceptors (Lipinski definition) is 4. The molecule has 5 aliphatic carbocycles. The first-order chi connectivity index (χ1) is 15.5. The number of phenols is 1. The van der Waals surface area contributed by atoms with Crippen LogP contribution in [-0.2, 0) is 11.8 Å². The van der Waals surface area contributed by atoms with Crippen LogP contribution in [0.5, 0.6) is 11.5 Å². The number of aromatic hydroxyl groups is 1. The molecule has 4 saturated carbocycles. The van der Waals surface area contributed by atoms with Crippen molar-refractivity contribution in [3.8, 4) is 11.5 Å². The average molecular weight is 452 g/mol. The third-order valence-electron chi connectivity index (χ3n) is 12.0. The SMILES string of the molecule is CC(C)(C)[C@@](C)(O)[C@H]1C[C@@]23CC[C@@]1(C)[C@@H]1Oc4c(O)ccc5c4[C@@]12CCN(CC1CC1)[C@@H]3C5. The topological polar surface area (TPSA) is 52.9 Å². The van der Waals surface area contributed by atoms with Gasteiger partial charge in [0.1, 0.15) is 6.10 Å². The smallest absolute Gasteiger partial charge is 0.165 e. The van der Waals surface area contributed by atoms with Gasteiger partial charge in [0.05, 0.1) is 5.60 Å². The van der Waals surface area contributed by atoms with Gasteiger partial charge in [-0.05, 0) is 87.3 Å². The molecule has 5 fully saturated rings.